The standard InChI is InChI=1S/C11H15NOS/c1-7-4-9(14-3)5-10(8(7)2)11(13)6-12/h4-5H,6,12H2,1-3H3. The van der Waals surface area contributed by atoms with Crippen molar-refractivity contribution in [3.63, 3.8) is 0 Å². The van der Waals surface area contributed by atoms with Crippen LogP contribution in [0, 0.1) is 13.8 Å². The Balaban J connectivity index is 3.27. The Morgan fingerprint density at radius 1 is 1.43 bits per heavy atom. The minimum atomic E-state index is 0.0153. The van der Waals surface area contributed by atoms with Gasteiger partial charge in [0.1, 0.15) is 0 Å². The third-order valence-electron chi connectivity index (χ3n) is 2.36. The molecular formula is C11H15NOS. The lowest BCUT2D eigenvalue weighted by Gasteiger charge is -2.09. The highest BCUT2D eigenvalue weighted by Gasteiger charge is 2.10. The van der Waals surface area contributed by atoms with E-state index in [4.69, 9.17) is 5.73 Å². The molecule has 0 fully saturated rings. The van der Waals surface area contributed by atoms with Crippen LogP contribution in [0.15, 0.2) is 17.0 Å². The van der Waals surface area contributed by atoms with Crippen LogP contribution in [0.3, 0.4) is 0 Å². The molecule has 3 heteroatoms. The van der Waals surface area contributed by atoms with Gasteiger partial charge in [0.05, 0.1) is 6.54 Å². The second-order valence-corrected chi connectivity index (χ2v) is 4.12. The third-order valence-corrected chi connectivity index (χ3v) is 3.07. The Kier molecular flexibility index (Phi) is 3.72. The van der Waals surface area contributed by atoms with Crippen LogP contribution in [0.25, 0.3) is 0 Å². The van der Waals surface area contributed by atoms with Gasteiger partial charge in [-0.3, -0.25) is 4.79 Å². The first-order chi connectivity index (χ1) is 6.60. The van der Waals surface area contributed by atoms with Crippen molar-refractivity contribution in [2.24, 2.45) is 5.73 Å². The molecule has 0 aliphatic rings. The van der Waals surface area contributed by atoms with Crippen molar-refractivity contribution >= 4 is 17.5 Å². The van der Waals surface area contributed by atoms with Crippen LogP contribution in [-0.2, 0) is 0 Å². The zero-order valence-corrected chi connectivity index (χ0v) is 9.57. The van der Waals surface area contributed by atoms with Crippen LogP contribution in [0.4, 0.5) is 0 Å². The van der Waals surface area contributed by atoms with Gasteiger partial charge in [-0.15, -0.1) is 11.8 Å². The smallest absolute Gasteiger partial charge is 0.176 e. The summed E-state index contributed by atoms with van der Waals surface area (Å²) in [6, 6.07) is 4.01. The lowest BCUT2D eigenvalue weighted by Crippen LogP contribution is -2.15. The number of hydrogen-bond donors (Lipinski definition) is 1. The predicted octanol–water partition coefficient (Wildman–Crippen LogP) is 2.17. The van der Waals surface area contributed by atoms with Gasteiger partial charge in [-0.05, 0) is 43.4 Å². The molecule has 0 saturated carbocycles. The molecule has 0 spiro atoms. The number of benzene rings is 1. The van der Waals surface area contributed by atoms with Gasteiger partial charge < -0.3 is 5.73 Å². The van der Waals surface area contributed by atoms with Crippen molar-refractivity contribution in [1.82, 2.24) is 0 Å². The van der Waals surface area contributed by atoms with E-state index in [9.17, 15) is 4.79 Å². The molecule has 0 aliphatic carbocycles. The summed E-state index contributed by atoms with van der Waals surface area (Å²) >= 11 is 1.64. The van der Waals surface area contributed by atoms with E-state index in [0.717, 1.165) is 21.6 Å². The summed E-state index contributed by atoms with van der Waals surface area (Å²) < 4.78 is 0. The van der Waals surface area contributed by atoms with Crippen molar-refractivity contribution in [1.29, 1.82) is 0 Å². The molecule has 1 rings (SSSR count). The van der Waals surface area contributed by atoms with Gasteiger partial charge in [0.25, 0.3) is 0 Å². The zero-order chi connectivity index (χ0) is 10.7. The van der Waals surface area contributed by atoms with Gasteiger partial charge in [-0.2, -0.15) is 0 Å². The fourth-order valence-corrected chi connectivity index (χ4v) is 1.87. The van der Waals surface area contributed by atoms with Crippen LogP contribution in [0.5, 0.6) is 0 Å². The van der Waals surface area contributed by atoms with E-state index >= 15 is 0 Å². The van der Waals surface area contributed by atoms with E-state index in [1.807, 2.05) is 26.2 Å². The summed E-state index contributed by atoms with van der Waals surface area (Å²) in [5, 5.41) is 0. The maximum atomic E-state index is 11.5. The van der Waals surface area contributed by atoms with Crippen molar-refractivity contribution in [2.45, 2.75) is 18.7 Å². The van der Waals surface area contributed by atoms with Crippen LogP contribution < -0.4 is 5.73 Å². The van der Waals surface area contributed by atoms with Gasteiger partial charge in [0.2, 0.25) is 0 Å². The van der Waals surface area contributed by atoms with E-state index in [2.05, 4.69) is 6.07 Å². The molecule has 0 aromatic heterocycles. The summed E-state index contributed by atoms with van der Waals surface area (Å²) in [5.74, 6) is 0.0153. The summed E-state index contributed by atoms with van der Waals surface area (Å²) in [6.45, 7) is 4.06. The van der Waals surface area contributed by atoms with E-state index in [1.54, 1.807) is 11.8 Å². The maximum absolute atomic E-state index is 11.5. The Hall–Kier alpha value is -0.800. The molecule has 0 unspecified atom stereocenters. The third kappa shape index (κ3) is 2.16. The van der Waals surface area contributed by atoms with Gasteiger partial charge >= 0.3 is 0 Å². The van der Waals surface area contributed by atoms with Crippen molar-refractivity contribution in [2.75, 3.05) is 12.8 Å². The fourth-order valence-electron chi connectivity index (χ4n) is 1.34. The van der Waals surface area contributed by atoms with Crippen LogP contribution in [-0.4, -0.2) is 18.6 Å². The Morgan fingerprint density at radius 2 is 2.07 bits per heavy atom. The maximum Gasteiger partial charge on any atom is 0.176 e. The molecular weight excluding hydrogens is 194 g/mol. The average Bonchev–Trinajstić information content (AvgIpc) is 2.20. The number of Topliss-reactive ketones (excluding diaryl/α,β-unsaturated/α-hetero) is 1. The first-order valence-electron chi connectivity index (χ1n) is 4.48. The molecule has 1 aromatic rings. The summed E-state index contributed by atoms with van der Waals surface area (Å²) in [5.41, 5.74) is 8.31. The summed E-state index contributed by atoms with van der Waals surface area (Å²) in [4.78, 5) is 12.6. The Labute approximate surface area is 88.9 Å². The van der Waals surface area contributed by atoms with E-state index in [-0.39, 0.29) is 12.3 Å². The molecule has 0 atom stereocenters. The lowest BCUT2D eigenvalue weighted by atomic mass is 10.0. The van der Waals surface area contributed by atoms with Gasteiger partial charge in [-0.25, -0.2) is 0 Å². The monoisotopic (exact) mass is 209 g/mol. The highest BCUT2D eigenvalue weighted by atomic mass is 32.2. The van der Waals surface area contributed by atoms with Crippen LogP contribution in [0.2, 0.25) is 0 Å². The highest BCUT2D eigenvalue weighted by Crippen LogP contribution is 2.22. The largest absolute Gasteiger partial charge is 0.324 e. The second-order valence-electron chi connectivity index (χ2n) is 3.24. The molecule has 0 heterocycles. The number of ketones is 1. The molecule has 0 saturated heterocycles. The summed E-state index contributed by atoms with van der Waals surface area (Å²) in [6.07, 6.45) is 2.00. The SMILES string of the molecule is CSc1cc(C)c(C)c(C(=O)CN)c1. The predicted molar refractivity (Wildman–Crippen MR) is 61.1 cm³/mol. The lowest BCUT2D eigenvalue weighted by molar-refractivity contribution is 0.100. The van der Waals surface area contributed by atoms with Gasteiger partial charge in [0.15, 0.2) is 5.78 Å². The number of carbonyl (C=O) groups excluding carboxylic acids is 1. The number of rotatable bonds is 3. The molecule has 0 bridgehead atoms. The number of aryl methyl sites for hydroxylation is 1. The van der Waals surface area contributed by atoms with Gasteiger partial charge in [0, 0.05) is 10.5 Å². The van der Waals surface area contributed by atoms with Gasteiger partial charge in [-0.1, -0.05) is 0 Å². The zero-order valence-electron chi connectivity index (χ0n) is 8.76. The number of hydrogen-bond acceptors (Lipinski definition) is 3. The molecule has 0 radical (unpaired) electrons. The molecule has 2 N–H and O–H groups in total. The average molecular weight is 209 g/mol. The van der Waals surface area contributed by atoms with Crippen molar-refractivity contribution < 1.29 is 4.79 Å². The molecule has 76 valence electrons. The normalized spacial score (nSPS) is 10.3. The van der Waals surface area contributed by atoms with E-state index in [1.165, 1.54) is 0 Å². The summed E-state index contributed by atoms with van der Waals surface area (Å²) in [7, 11) is 0. The molecule has 14 heavy (non-hydrogen) atoms. The number of thioether (sulfide) groups is 1. The fraction of sp³-hybridized carbons (Fsp3) is 0.364. The second kappa shape index (κ2) is 4.62. The highest BCUT2D eigenvalue weighted by molar-refractivity contribution is 7.98. The Bertz CT molecular complexity index is 361. The number of carbonyl (C=O) groups is 1. The first kappa shape index (κ1) is 11.3. The number of nitrogens with two attached hydrogens (primary N) is 1. The van der Waals surface area contributed by atoms with E-state index in [0.29, 0.717) is 0 Å². The first-order valence-corrected chi connectivity index (χ1v) is 5.71. The minimum Gasteiger partial charge on any atom is -0.324 e. The topological polar surface area (TPSA) is 43.1 Å². The van der Waals surface area contributed by atoms with E-state index < -0.39 is 0 Å². The van der Waals surface area contributed by atoms with Crippen LogP contribution in [0.1, 0.15) is 21.5 Å². The molecule has 2 nitrogen and oxygen atoms in total. The molecule has 0 amide bonds. The molecule has 0 aliphatic heterocycles. The minimum absolute atomic E-state index is 0.0153. The Morgan fingerprint density at radius 3 is 2.57 bits per heavy atom. The van der Waals surface area contributed by atoms with Crippen molar-refractivity contribution in [3.8, 4) is 0 Å². The van der Waals surface area contributed by atoms with Crippen LogP contribution >= 0.6 is 11.8 Å². The quantitative estimate of drug-likeness (QED) is 0.613. The molecule has 1 aromatic carbocycles. The van der Waals surface area contributed by atoms with Crippen molar-refractivity contribution in [3.05, 3.63) is 28.8 Å².